The molecule has 3 aliphatic heterocycles. The van der Waals surface area contributed by atoms with Crippen LogP contribution in [0.4, 0.5) is 5.82 Å². The highest BCUT2D eigenvalue weighted by Gasteiger charge is 2.36. The van der Waals surface area contributed by atoms with Crippen LogP contribution in [0.25, 0.3) is 22.4 Å². The lowest BCUT2D eigenvalue weighted by atomic mass is 9.83. The van der Waals surface area contributed by atoms with Gasteiger partial charge < -0.3 is 19.9 Å². The summed E-state index contributed by atoms with van der Waals surface area (Å²) in [6.07, 6.45) is 10.1. The van der Waals surface area contributed by atoms with Crippen LogP contribution >= 0.6 is 0 Å². The van der Waals surface area contributed by atoms with E-state index in [-0.39, 0.29) is 11.3 Å². The summed E-state index contributed by atoms with van der Waals surface area (Å²) in [6, 6.07) is 12.8. The molecule has 0 amide bonds. The van der Waals surface area contributed by atoms with Gasteiger partial charge in [0.1, 0.15) is 5.75 Å². The standard InChI is InChI=1S/C27H31N5O2/c1-31-11-9-18(14-26(31)34)17-7-8-23(25(33)13-17)24-12-19-4-3-10-32(27(19)30-29-24)22-15-20-5-2-6-21(16-22)28-20/h7-9,11-14,20-22,28,33H,2-6,10,15-16H2,1H3/t20-,21+,22-. The number of piperidine rings is 2. The van der Waals surface area contributed by atoms with Crippen molar-refractivity contribution in [1.82, 2.24) is 20.1 Å². The van der Waals surface area contributed by atoms with Gasteiger partial charge in [-0.25, -0.2) is 0 Å². The smallest absolute Gasteiger partial charge is 0.250 e. The summed E-state index contributed by atoms with van der Waals surface area (Å²) in [5.41, 5.74) is 4.07. The molecule has 6 rings (SSSR count). The first-order valence-electron chi connectivity index (χ1n) is 12.4. The second kappa shape index (κ2) is 8.55. The summed E-state index contributed by atoms with van der Waals surface area (Å²) in [4.78, 5) is 14.5. The fourth-order valence-electron chi connectivity index (χ4n) is 6.03. The molecule has 0 unspecified atom stereocenters. The summed E-state index contributed by atoms with van der Waals surface area (Å²) in [6.45, 7) is 1.04. The van der Waals surface area contributed by atoms with Crippen LogP contribution in [0.2, 0.25) is 0 Å². The Labute approximate surface area is 199 Å². The molecule has 1 aromatic carbocycles. The zero-order valence-electron chi connectivity index (χ0n) is 19.6. The number of phenols is 1. The maximum absolute atomic E-state index is 12.0. The predicted molar refractivity (Wildman–Crippen MR) is 133 cm³/mol. The molecular formula is C27H31N5O2. The quantitative estimate of drug-likeness (QED) is 0.625. The van der Waals surface area contributed by atoms with E-state index in [1.54, 1.807) is 25.4 Å². The topological polar surface area (TPSA) is 83.3 Å². The summed E-state index contributed by atoms with van der Waals surface area (Å²) in [5.74, 6) is 1.17. The molecule has 0 aliphatic carbocycles. The molecule has 3 atom stereocenters. The highest BCUT2D eigenvalue weighted by atomic mass is 16.3. The Balaban J connectivity index is 1.28. The molecule has 7 nitrogen and oxygen atoms in total. The number of benzene rings is 1. The third kappa shape index (κ3) is 3.88. The molecule has 0 spiro atoms. The summed E-state index contributed by atoms with van der Waals surface area (Å²) < 4.78 is 1.53. The van der Waals surface area contributed by atoms with Crippen LogP contribution in [0.3, 0.4) is 0 Å². The van der Waals surface area contributed by atoms with E-state index in [1.807, 2.05) is 18.2 Å². The van der Waals surface area contributed by atoms with E-state index in [4.69, 9.17) is 0 Å². The molecule has 2 fully saturated rings. The van der Waals surface area contributed by atoms with Crippen molar-refractivity contribution in [1.29, 1.82) is 0 Å². The molecular weight excluding hydrogens is 426 g/mol. The number of phenolic OH excluding ortho intramolecular Hbond substituents is 1. The lowest BCUT2D eigenvalue weighted by Gasteiger charge is -2.46. The number of pyridine rings is 1. The Morgan fingerprint density at radius 3 is 2.56 bits per heavy atom. The molecule has 5 heterocycles. The molecule has 3 aliphatic rings. The van der Waals surface area contributed by atoms with Crippen LogP contribution in [-0.4, -0.2) is 44.5 Å². The Bertz CT molecular complexity index is 1270. The minimum absolute atomic E-state index is 0.0800. The first-order chi connectivity index (χ1) is 16.5. The van der Waals surface area contributed by atoms with Gasteiger partial charge in [-0.05, 0) is 79.5 Å². The van der Waals surface area contributed by atoms with Crippen LogP contribution in [0.1, 0.15) is 44.1 Å². The van der Waals surface area contributed by atoms with E-state index in [2.05, 4.69) is 26.5 Å². The van der Waals surface area contributed by atoms with E-state index < -0.39 is 0 Å². The van der Waals surface area contributed by atoms with Crippen LogP contribution < -0.4 is 15.8 Å². The predicted octanol–water partition coefficient (Wildman–Crippen LogP) is 3.64. The largest absolute Gasteiger partial charge is 0.507 e. The van der Waals surface area contributed by atoms with Gasteiger partial charge in [-0.15, -0.1) is 10.2 Å². The normalized spacial score (nSPS) is 24.0. The van der Waals surface area contributed by atoms with Crippen LogP contribution in [0.5, 0.6) is 5.75 Å². The summed E-state index contributed by atoms with van der Waals surface area (Å²) in [5, 5.41) is 23.8. The van der Waals surface area contributed by atoms with Gasteiger partial charge in [-0.3, -0.25) is 4.79 Å². The van der Waals surface area contributed by atoms with Gasteiger partial charge in [0.15, 0.2) is 5.82 Å². The van der Waals surface area contributed by atoms with Crippen molar-refractivity contribution in [2.24, 2.45) is 7.05 Å². The first kappa shape index (κ1) is 21.4. The molecule has 0 radical (unpaired) electrons. The average Bonchev–Trinajstić information content (AvgIpc) is 2.84. The van der Waals surface area contributed by atoms with Crippen molar-refractivity contribution < 1.29 is 5.11 Å². The fourth-order valence-corrected chi connectivity index (χ4v) is 6.03. The SMILES string of the molecule is Cn1ccc(-c2ccc(-c3cc4c(nn3)N([C@@H]3C[C@H]5CCC[C@@H](C3)N5)CCC4)c(O)c2)cc1=O. The Hall–Kier alpha value is -3.19. The number of fused-ring (bicyclic) bond motifs is 3. The number of aromatic hydroxyl groups is 1. The Morgan fingerprint density at radius 1 is 1.00 bits per heavy atom. The molecule has 0 saturated carbocycles. The van der Waals surface area contributed by atoms with Gasteiger partial charge in [0.05, 0.1) is 5.69 Å². The summed E-state index contributed by atoms with van der Waals surface area (Å²) >= 11 is 0. The zero-order valence-corrected chi connectivity index (χ0v) is 19.6. The van der Waals surface area contributed by atoms with Crippen molar-refractivity contribution >= 4 is 5.82 Å². The van der Waals surface area contributed by atoms with Crippen LogP contribution in [0.15, 0.2) is 47.4 Å². The number of nitrogens with one attached hydrogen (secondary N) is 1. The van der Waals surface area contributed by atoms with E-state index in [0.717, 1.165) is 36.3 Å². The van der Waals surface area contributed by atoms with Crippen molar-refractivity contribution in [2.75, 3.05) is 11.4 Å². The van der Waals surface area contributed by atoms with Crippen molar-refractivity contribution in [3.8, 4) is 28.1 Å². The lowest BCUT2D eigenvalue weighted by molar-refractivity contribution is 0.215. The second-order valence-electron chi connectivity index (χ2n) is 10.1. The Morgan fingerprint density at radius 2 is 1.79 bits per heavy atom. The summed E-state index contributed by atoms with van der Waals surface area (Å²) in [7, 11) is 1.72. The molecule has 34 heavy (non-hydrogen) atoms. The number of rotatable bonds is 3. The third-order valence-electron chi connectivity index (χ3n) is 7.81. The zero-order chi connectivity index (χ0) is 23.2. The average molecular weight is 458 g/mol. The van der Waals surface area contributed by atoms with Crippen LogP contribution in [-0.2, 0) is 13.5 Å². The molecule has 2 saturated heterocycles. The lowest BCUT2D eigenvalue weighted by Crippen LogP contribution is -2.55. The van der Waals surface area contributed by atoms with E-state index >= 15 is 0 Å². The molecule has 176 valence electrons. The number of aromatic nitrogens is 3. The van der Waals surface area contributed by atoms with Gasteiger partial charge in [0.25, 0.3) is 5.56 Å². The Kier molecular flexibility index (Phi) is 5.37. The van der Waals surface area contributed by atoms with Gasteiger partial charge in [0, 0.05) is 49.5 Å². The fraction of sp³-hybridized carbons (Fsp3) is 0.444. The molecule has 2 N–H and O–H groups in total. The van der Waals surface area contributed by atoms with Gasteiger partial charge in [-0.2, -0.15) is 0 Å². The minimum atomic E-state index is -0.0800. The van der Waals surface area contributed by atoms with Gasteiger partial charge in [-0.1, -0.05) is 12.5 Å². The first-order valence-corrected chi connectivity index (χ1v) is 12.4. The van der Waals surface area contributed by atoms with E-state index in [9.17, 15) is 9.90 Å². The second-order valence-corrected chi connectivity index (χ2v) is 10.1. The molecule has 2 bridgehead atoms. The molecule has 2 aromatic heterocycles. The molecule has 7 heteroatoms. The third-order valence-corrected chi connectivity index (χ3v) is 7.81. The van der Waals surface area contributed by atoms with Crippen molar-refractivity contribution in [3.63, 3.8) is 0 Å². The number of aryl methyl sites for hydroxylation is 2. The minimum Gasteiger partial charge on any atom is -0.507 e. The number of anilines is 1. The monoisotopic (exact) mass is 457 g/mol. The number of hydrogen-bond donors (Lipinski definition) is 2. The van der Waals surface area contributed by atoms with E-state index in [0.29, 0.717) is 29.4 Å². The molecule has 3 aromatic rings. The highest BCUT2D eigenvalue weighted by Crippen LogP contribution is 2.37. The van der Waals surface area contributed by atoms with Crippen LogP contribution in [0, 0.1) is 0 Å². The van der Waals surface area contributed by atoms with Crippen molar-refractivity contribution in [3.05, 3.63) is 58.5 Å². The van der Waals surface area contributed by atoms with Gasteiger partial charge in [0.2, 0.25) is 0 Å². The van der Waals surface area contributed by atoms with Crippen molar-refractivity contribution in [2.45, 2.75) is 63.1 Å². The van der Waals surface area contributed by atoms with Gasteiger partial charge >= 0.3 is 0 Å². The number of hydrogen-bond acceptors (Lipinski definition) is 6. The highest BCUT2D eigenvalue weighted by molar-refractivity contribution is 5.75. The maximum Gasteiger partial charge on any atom is 0.250 e. The maximum atomic E-state index is 12.0. The number of nitrogens with zero attached hydrogens (tertiary/aromatic N) is 4. The van der Waals surface area contributed by atoms with E-state index in [1.165, 1.54) is 42.2 Å².